The van der Waals surface area contributed by atoms with Gasteiger partial charge in [0.1, 0.15) is 11.9 Å². The second-order valence-electron chi connectivity index (χ2n) is 7.64. The van der Waals surface area contributed by atoms with Crippen LogP contribution in [0.3, 0.4) is 0 Å². The molecular formula is C22H31N3O3. The minimum Gasteiger partial charge on any atom is -0.489 e. The van der Waals surface area contributed by atoms with Crippen LogP contribution in [0.1, 0.15) is 38.1 Å². The summed E-state index contributed by atoms with van der Waals surface area (Å²) in [5, 5.41) is 12.7. The number of ether oxygens (including phenoxy) is 1. The number of likely N-dealkylation sites (tertiary alicyclic amines) is 1. The van der Waals surface area contributed by atoms with E-state index in [0.717, 1.165) is 25.3 Å². The topological polar surface area (TPSA) is 87.8 Å². The van der Waals surface area contributed by atoms with Gasteiger partial charge in [0.15, 0.2) is 0 Å². The van der Waals surface area contributed by atoms with Crippen molar-refractivity contribution in [2.24, 2.45) is 0 Å². The van der Waals surface area contributed by atoms with Gasteiger partial charge in [-0.15, -0.1) is 0 Å². The molecule has 0 radical (unpaired) electrons. The van der Waals surface area contributed by atoms with Crippen molar-refractivity contribution in [1.29, 1.82) is 0 Å². The van der Waals surface area contributed by atoms with Crippen LogP contribution in [-0.4, -0.2) is 47.3 Å². The summed E-state index contributed by atoms with van der Waals surface area (Å²) in [7, 11) is 0. The first-order valence-electron chi connectivity index (χ1n) is 9.17. The molecule has 1 aliphatic heterocycles. The molecule has 2 aromatic carbocycles. The monoisotopic (exact) mass is 385 g/mol. The highest BCUT2D eigenvalue weighted by atomic mass is 16.5. The second-order valence-corrected chi connectivity index (χ2v) is 7.64. The van der Waals surface area contributed by atoms with Gasteiger partial charge >= 0.3 is 0 Å². The Labute approximate surface area is 167 Å². The van der Waals surface area contributed by atoms with Crippen molar-refractivity contribution in [3.63, 3.8) is 0 Å². The number of nitrogen functional groups attached to an aromatic ring is 1. The Morgan fingerprint density at radius 3 is 2.57 bits per heavy atom. The largest absolute Gasteiger partial charge is 0.489 e. The van der Waals surface area contributed by atoms with Crippen LogP contribution in [0.5, 0.6) is 5.75 Å². The highest BCUT2D eigenvalue weighted by Crippen LogP contribution is 2.22. The maximum absolute atomic E-state index is 12.4. The number of β-amino-alcohol motifs (C(OH)–C–C–N with tert-alkyl or cyclic N) is 1. The van der Waals surface area contributed by atoms with Gasteiger partial charge in [-0.2, -0.15) is 0 Å². The third-order valence-corrected chi connectivity index (χ3v) is 4.47. The van der Waals surface area contributed by atoms with Crippen molar-refractivity contribution in [3.05, 3.63) is 54.1 Å². The highest BCUT2D eigenvalue weighted by Gasteiger charge is 2.27. The zero-order chi connectivity index (χ0) is 19.4. The number of para-hydroxylation sites is 2. The number of nitrogens with zero attached hydrogens (tertiary/aromatic N) is 1. The van der Waals surface area contributed by atoms with Gasteiger partial charge in [0, 0.05) is 25.2 Å². The molecule has 0 unspecified atom stereocenters. The molecule has 0 aromatic heterocycles. The molecule has 6 heteroatoms. The summed E-state index contributed by atoms with van der Waals surface area (Å²) in [5.41, 5.74) is 6.83. The number of nitrogens with two attached hydrogens (primary N) is 1. The fourth-order valence-corrected chi connectivity index (χ4v) is 3.27. The summed E-state index contributed by atoms with van der Waals surface area (Å²) < 4.78 is 6.02. The number of anilines is 2. The molecule has 1 atom stereocenters. The van der Waals surface area contributed by atoms with Crippen molar-refractivity contribution in [3.8, 4) is 5.75 Å². The van der Waals surface area contributed by atoms with Crippen LogP contribution in [0, 0.1) is 0 Å². The number of aliphatic hydroxyl groups is 1. The molecule has 4 N–H and O–H groups in total. The number of nitrogens with one attached hydrogen (secondary N) is 1. The zero-order valence-electron chi connectivity index (χ0n) is 15.8. The molecule has 1 saturated heterocycles. The van der Waals surface area contributed by atoms with E-state index in [1.54, 1.807) is 24.3 Å². The molecule has 6 nitrogen and oxygen atoms in total. The van der Waals surface area contributed by atoms with E-state index in [0.29, 0.717) is 23.5 Å². The van der Waals surface area contributed by atoms with Crippen molar-refractivity contribution in [2.75, 3.05) is 30.7 Å². The van der Waals surface area contributed by atoms with E-state index < -0.39 is 5.60 Å². The Morgan fingerprint density at radius 2 is 1.93 bits per heavy atom. The second kappa shape index (κ2) is 9.08. The van der Waals surface area contributed by atoms with E-state index in [-0.39, 0.29) is 19.4 Å². The Kier molecular flexibility index (Phi) is 7.05. The third kappa shape index (κ3) is 5.97. The number of carbonyl (C=O) groups is 1. The van der Waals surface area contributed by atoms with Crippen LogP contribution >= 0.6 is 0 Å². The molecule has 1 amide bonds. The number of rotatable bonds is 6. The minimum atomic E-state index is -0.702. The molecular weight excluding hydrogens is 354 g/mol. The van der Waals surface area contributed by atoms with Gasteiger partial charge in [0.05, 0.1) is 17.0 Å². The van der Waals surface area contributed by atoms with Crippen molar-refractivity contribution in [2.45, 2.75) is 39.4 Å². The van der Waals surface area contributed by atoms with Crippen LogP contribution in [0.25, 0.3) is 0 Å². The molecule has 2 aromatic rings. The predicted octanol–water partition coefficient (Wildman–Crippen LogP) is 3.38. The lowest BCUT2D eigenvalue weighted by Crippen LogP contribution is -2.38. The Morgan fingerprint density at radius 1 is 1.25 bits per heavy atom. The standard InChI is InChI=1S/C21H27N3O3.CH4/c1-21(2,26)14-24-12-11-17(13-24)27-16-9-7-15(8-10-16)20(25)23-19-6-4-3-5-18(19)22;/h3-10,17,26H,11-14,22H2,1-2H3,(H,23,25);1H4/t17-;/m0./s1. The van der Waals surface area contributed by atoms with Gasteiger partial charge in [-0.1, -0.05) is 19.6 Å². The molecule has 1 fully saturated rings. The average Bonchev–Trinajstić information content (AvgIpc) is 3.02. The van der Waals surface area contributed by atoms with Crippen molar-refractivity contribution >= 4 is 17.3 Å². The van der Waals surface area contributed by atoms with E-state index in [2.05, 4.69) is 10.2 Å². The summed E-state index contributed by atoms with van der Waals surface area (Å²) in [5.74, 6) is 0.526. The molecule has 1 aliphatic rings. The van der Waals surface area contributed by atoms with Gasteiger partial charge in [-0.3, -0.25) is 9.69 Å². The van der Waals surface area contributed by atoms with Gasteiger partial charge in [0.25, 0.3) is 5.91 Å². The normalized spacial score (nSPS) is 17.0. The van der Waals surface area contributed by atoms with E-state index in [1.165, 1.54) is 0 Å². The molecule has 152 valence electrons. The first-order chi connectivity index (χ1) is 12.8. The van der Waals surface area contributed by atoms with E-state index in [9.17, 15) is 9.90 Å². The van der Waals surface area contributed by atoms with Crippen LogP contribution < -0.4 is 15.8 Å². The van der Waals surface area contributed by atoms with Crippen LogP contribution in [-0.2, 0) is 0 Å². The Hall–Kier alpha value is -2.57. The quantitative estimate of drug-likeness (QED) is 0.664. The number of hydrogen-bond donors (Lipinski definition) is 3. The lowest BCUT2D eigenvalue weighted by Gasteiger charge is -2.25. The number of carbonyl (C=O) groups excluding carboxylic acids is 1. The Balaban J connectivity index is 0.00000280. The maximum atomic E-state index is 12.4. The molecule has 0 bridgehead atoms. The number of amides is 1. The lowest BCUT2D eigenvalue weighted by molar-refractivity contribution is 0.0407. The fraction of sp³-hybridized carbons (Fsp3) is 0.409. The first kappa shape index (κ1) is 21.7. The highest BCUT2D eigenvalue weighted by molar-refractivity contribution is 6.05. The summed E-state index contributed by atoms with van der Waals surface area (Å²) in [6, 6.07) is 14.3. The van der Waals surface area contributed by atoms with Crippen molar-refractivity contribution in [1.82, 2.24) is 4.90 Å². The van der Waals surface area contributed by atoms with E-state index in [4.69, 9.17) is 10.5 Å². The van der Waals surface area contributed by atoms with Gasteiger partial charge in [-0.05, 0) is 56.7 Å². The molecule has 0 saturated carbocycles. The van der Waals surface area contributed by atoms with Crippen LogP contribution in [0.4, 0.5) is 11.4 Å². The third-order valence-electron chi connectivity index (χ3n) is 4.47. The molecule has 28 heavy (non-hydrogen) atoms. The molecule has 0 aliphatic carbocycles. The average molecular weight is 386 g/mol. The number of hydrogen-bond acceptors (Lipinski definition) is 5. The number of benzene rings is 2. The SMILES string of the molecule is C.CC(C)(O)CN1CC[C@H](Oc2ccc(C(=O)Nc3ccccc3N)cc2)C1. The van der Waals surface area contributed by atoms with Crippen LogP contribution in [0.2, 0.25) is 0 Å². The summed E-state index contributed by atoms with van der Waals surface area (Å²) in [6.07, 6.45) is 1.02. The summed E-state index contributed by atoms with van der Waals surface area (Å²) in [4.78, 5) is 14.6. The van der Waals surface area contributed by atoms with Gasteiger partial charge in [-0.25, -0.2) is 0 Å². The fourth-order valence-electron chi connectivity index (χ4n) is 3.27. The maximum Gasteiger partial charge on any atom is 0.255 e. The van der Waals surface area contributed by atoms with Crippen molar-refractivity contribution < 1.29 is 14.6 Å². The first-order valence-corrected chi connectivity index (χ1v) is 9.17. The zero-order valence-corrected chi connectivity index (χ0v) is 15.8. The molecule has 1 heterocycles. The summed E-state index contributed by atoms with van der Waals surface area (Å²) >= 11 is 0. The van der Waals surface area contributed by atoms with Crippen LogP contribution in [0.15, 0.2) is 48.5 Å². The van der Waals surface area contributed by atoms with E-state index in [1.807, 2.05) is 38.1 Å². The molecule has 3 rings (SSSR count). The summed E-state index contributed by atoms with van der Waals surface area (Å²) in [6.45, 7) is 5.96. The van der Waals surface area contributed by atoms with E-state index >= 15 is 0 Å². The Bertz CT molecular complexity index is 784. The lowest BCUT2D eigenvalue weighted by atomic mass is 10.1. The van der Waals surface area contributed by atoms with Gasteiger partial charge < -0.3 is 20.9 Å². The molecule has 0 spiro atoms. The smallest absolute Gasteiger partial charge is 0.255 e. The predicted molar refractivity (Wildman–Crippen MR) is 114 cm³/mol. The minimum absolute atomic E-state index is 0. The van der Waals surface area contributed by atoms with Gasteiger partial charge in [0.2, 0.25) is 0 Å².